The predicted octanol–water partition coefficient (Wildman–Crippen LogP) is 3.38. The van der Waals surface area contributed by atoms with Crippen LogP contribution in [0.1, 0.15) is 69.4 Å². The highest BCUT2D eigenvalue weighted by molar-refractivity contribution is 5.82. The molecule has 1 aromatic heterocycles. The first-order valence-corrected chi connectivity index (χ1v) is 8.61. The van der Waals surface area contributed by atoms with E-state index in [1.807, 2.05) is 6.20 Å². The van der Waals surface area contributed by atoms with E-state index in [1.54, 1.807) is 6.33 Å². The summed E-state index contributed by atoms with van der Waals surface area (Å²) in [7, 11) is 0. The molecule has 1 heterocycles. The molecule has 2 fully saturated rings. The SMILES string of the molecule is O=C(NCCCCC1CCCCC1)C1CC1c1c[nH]cn1. The zero-order chi connectivity index (χ0) is 14.5. The monoisotopic (exact) mass is 289 g/mol. The Kier molecular flexibility index (Phi) is 4.94. The molecule has 2 aliphatic rings. The Bertz CT molecular complexity index is 437. The lowest BCUT2D eigenvalue weighted by atomic mass is 9.86. The van der Waals surface area contributed by atoms with Crippen molar-refractivity contribution >= 4 is 5.91 Å². The van der Waals surface area contributed by atoms with Gasteiger partial charge in [-0.1, -0.05) is 44.9 Å². The molecule has 0 aromatic carbocycles. The van der Waals surface area contributed by atoms with Gasteiger partial charge in [-0.2, -0.15) is 0 Å². The van der Waals surface area contributed by atoms with Gasteiger partial charge in [0, 0.05) is 24.6 Å². The smallest absolute Gasteiger partial charge is 0.223 e. The van der Waals surface area contributed by atoms with E-state index < -0.39 is 0 Å². The predicted molar refractivity (Wildman–Crippen MR) is 82.9 cm³/mol. The number of carbonyl (C=O) groups excluding carboxylic acids is 1. The quantitative estimate of drug-likeness (QED) is 0.756. The van der Waals surface area contributed by atoms with Gasteiger partial charge < -0.3 is 10.3 Å². The van der Waals surface area contributed by atoms with E-state index in [4.69, 9.17) is 0 Å². The first kappa shape index (κ1) is 14.6. The first-order valence-electron chi connectivity index (χ1n) is 8.61. The van der Waals surface area contributed by atoms with Crippen LogP contribution in [0.15, 0.2) is 12.5 Å². The number of aromatic nitrogens is 2. The molecule has 21 heavy (non-hydrogen) atoms. The molecule has 3 rings (SSSR count). The van der Waals surface area contributed by atoms with Gasteiger partial charge in [0.1, 0.15) is 0 Å². The van der Waals surface area contributed by atoms with Crippen LogP contribution in [0.4, 0.5) is 0 Å². The average molecular weight is 289 g/mol. The number of rotatable bonds is 7. The summed E-state index contributed by atoms with van der Waals surface area (Å²) < 4.78 is 0. The standard InChI is InChI=1S/C17H27N3O/c21-17(15-10-14(15)16-11-18-12-20-16)19-9-5-4-8-13-6-2-1-3-7-13/h11-15H,1-10H2,(H,18,20)(H,19,21). The third kappa shape index (κ3) is 4.08. The van der Waals surface area contributed by atoms with Gasteiger partial charge in [0.15, 0.2) is 0 Å². The molecule has 2 atom stereocenters. The highest BCUT2D eigenvalue weighted by Gasteiger charge is 2.44. The van der Waals surface area contributed by atoms with E-state index in [1.165, 1.54) is 44.9 Å². The van der Waals surface area contributed by atoms with E-state index in [0.717, 1.165) is 31.0 Å². The van der Waals surface area contributed by atoms with Crippen LogP contribution in [-0.4, -0.2) is 22.4 Å². The van der Waals surface area contributed by atoms with Crippen LogP contribution in [0.25, 0.3) is 0 Å². The van der Waals surface area contributed by atoms with Gasteiger partial charge in [-0.15, -0.1) is 0 Å². The highest BCUT2D eigenvalue weighted by atomic mass is 16.2. The normalized spacial score (nSPS) is 25.7. The second-order valence-electron chi connectivity index (χ2n) is 6.73. The van der Waals surface area contributed by atoms with E-state index in [0.29, 0.717) is 5.92 Å². The Hall–Kier alpha value is -1.32. The van der Waals surface area contributed by atoms with E-state index in [9.17, 15) is 4.79 Å². The lowest BCUT2D eigenvalue weighted by Gasteiger charge is -2.21. The number of amides is 1. The second-order valence-corrected chi connectivity index (χ2v) is 6.73. The second kappa shape index (κ2) is 7.10. The molecule has 4 nitrogen and oxygen atoms in total. The summed E-state index contributed by atoms with van der Waals surface area (Å²) in [4.78, 5) is 19.2. The van der Waals surface area contributed by atoms with Crippen molar-refractivity contribution < 1.29 is 4.79 Å². The topological polar surface area (TPSA) is 57.8 Å². The maximum Gasteiger partial charge on any atom is 0.223 e. The summed E-state index contributed by atoms with van der Waals surface area (Å²) in [6, 6.07) is 0. The van der Waals surface area contributed by atoms with Gasteiger partial charge in [0.25, 0.3) is 0 Å². The summed E-state index contributed by atoms with van der Waals surface area (Å²) in [6.45, 7) is 0.843. The van der Waals surface area contributed by atoms with Crippen molar-refractivity contribution in [2.24, 2.45) is 11.8 Å². The third-order valence-corrected chi connectivity index (χ3v) is 5.09. The largest absolute Gasteiger partial charge is 0.356 e. The minimum Gasteiger partial charge on any atom is -0.356 e. The van der Waals surface area contributed by atoms with Crippen molar-refractivity contribution in [2.45, 2.75) is 63.7 Å². The highest BCUT2D eigenvalue weighted by Crippen LogP contribution is 2.46. The minimum atomic E-state index is 0.159. The molecule has 116 valence electrons. The Labute approximate surface area is 127 Å². The fourth-order valence-corrected chi connectivity index (χ4v) is 3.66. The number of hydrogen-bond acceptors (Lipinski definition) is 2. The maximum atomic E-state index is 12.0. The van der Waals surface area contributed by atoms with Crippen molar-refractivity contribution in [1.82, 2.24) is 15.3 Å². The summed E-state index contributed by atoms with van der Waals surface area (Å²) >= 11 is 0. The summed E-state index contributed by atoms with van der Waals surface area (Å²) in [5.41, 5.74) is 1.03. The van der Waals surface area contributed by atoms with Crippen LogP contribution >= 0.6 is 0 Å². The number of aromatic amines is 1. The van der Waals surface area contributed by atoms with Gasteiger partial charge >= 0.3 is 0 Å². The van der Waals surface area contributed by atoms with Gasteiger partial charge in [-0.25, -0.2) is 4.98 Å². The number of H-pyrrole nitrogens is 1. The molecular weight excluding hydrogens is 262 g/mol. The van der Waals surface area contributed by atoms with Gasteiger partial charge in [0.05, 0.1) is 12.0 Å². The van der Waals surface area contributed by atoms with Crippen molar-refractivity contribution in [3.8, 4) is 0 Å². The number of unbranched alkanes of at least 4 members (excludes halogenated alkanes) is 1. The van der Waals surface area contributed by atoms with Crippen LogP contribution in [-0.2, 0) is 4.79 Å². The summed E-state index contributed by atoms with van der Waals surface area (Å²) in [5, 5.41) is 3.10. The number of carbonyl (C=O) groups is 1. The third-order valence-electron chi connectivity index (χ3n) is 5.09. The molecule has 1 aromatic rings. The Morgan fingerprint density at radius 2 is 2.14 bits per heavy atom. The van der Waals surface area contributed by atoms with Crippen molar-refractivity contribution in [3.63, 3.8) is 0 Å². The number of nitrogens with one attached hydrogen (secondary N) is 2. The molecule has 4 heteroatoms. The van der Waals surface area contributed by atoms with Crippen LogP contribution in [0.3, 0.4) is 0 Å². The summed E-state index contributed by atoms with van der Waals surface area (Å²) in [5.74, 6) is 1.69. The van der Waals surface area contributed by atoms with Crippen LogP contribution in [0.5, 0.6) is 0 Å². The van der Waals surface area contributed by atoms with E-state index in [-0.39, 0.29) is 11.8 Å². The van der Waals surface area contributed by atoms with Gasteiger partial charge in [-0.05, 0) is 18.8 Å². The number of hydrogen-bond donors (Lipinski definition) is 2. The van der Waals surface area contributed by atoms with E-state index >= 15 is 0 Å². The molecule has 2 saturated carbocycles. The fraction of sp³-hybridized carbons (Fsp3) is 0.765. The van der Waals surface area contributed by atoms with Crippen LogP contribution < -0.4 is 5.32 Å². The Morgan fingerprint density at radius 1 is 1.29 bits per heavy atom. The Balaban J connectivity index is 1.25. The number of nitrogens with zero attached hydrogens (tertiary/aromatic N) is 1. The molecule has 0 radical (unpaired) electrons. The fourth-order valence-electron chi connectivity index (χ4n) is 3.66. The zero-order valence-corrected chi connectivity index (χ0v) is 12.8. The molecule has 0 saturated heterocycles. The lowest BCUT2D eigenvalue weighted by molar-refractivity contribution is -0.122. The zero-order valence-electron chi connectivity index (χ0n) is 12.8. The molecule has 0 spiro atoms. The van der Waals surface area contributed by atoms with Crippen LogP contribution in [0, 0.1) is 11.8 Å². The molecule has 0 bridgehead atoms. The molecule has 1 amide bonds. The Morgan fingerprint density at radius 3 is 2.90 bits per heavy atom. The number of imidazole rings is 1. The van der Waals surface area contributed by atoms with Crippen LogP contribution in [0.2, 0.25) is 0 Å². The van der Waals surface area contributed by atoms with Gasteiger partial charge in [0.2, 0.25) is 5.91 Å². The molecular formula is C17H27N3O. The first-order chi connectivity index (χ1) is 10.3. The summed E-state index contributed by atoms with van der Waals surface area (Å²) in [6.07, 6.45) is 15.4. The lowest BCUT2D eigenvalue weighted by Crippen LogP contribution is -2.26. The minimum absolute atomic E-state index is 0.159. The average Bonchev–Trinajstić information content (AvgIpc) is 3.13. The molecule has 0 aliphatic heterocycles. The molecule has 2 aliphatic carbocycles. The van der Waals surface area contributed by atoms with Gasteiger partial charge in [-0.3, -0.25) is 4.79 Å². The molecule has 2 N–H and O–H groups in total. The van der Waals surface area contributed by atoms with Crippen molar-refractivity contribution in [2.75, 3.05) is 6.54 Å². The maximum absolute atomic E-state index is 12.0. The van der Waals surface area contributed by atoms with Crippen molar-refractivity contribution in [1.29, 1.82) is 0 Å². The molecule has 2 unspecified atom stereocenters. The van der Waals surface area contributed by atoms with Crippen molar-refractivity contribution in [3.05, 3.63) is 18.2 Å². The van der Waals surface area contributed by atoms with E-state index in [2.05, 4.69) is 15.3 Å².